The van der Waals surface area contributed by atoms with Crippen LogP contribution in [0.15, 0.2) is 48.7 Å². The van der Waals surface area contributed by atoms with Crippen LogP contribution in [0.2, 0.25) is 5.02 Å². The molecule has 1 fully saturated rings. The highest BCUT2D eigenvalue weighted by Gasteiger charge is 2.26. The van der Waals surface area contributed by atoms with Crippen LogP contribution in [0.4, 0.5) is 0 Å². The van der Waals surface area contributed by atoms with E-state index in [0.29, 0.717) is 5.92 Å². The summed E-state index contributed by atoms with van der Waals surface area (Å²) < 4.78 is 10.9. The molecule has 5 rings (SSSR count). The number of nitrogens with one attached hydrogen (secondary N) is 1. The number of likely N-dealkylation sites (tertiary alicyclic amines) is 1. The molecule has 0 aliphatic carbocycles. The second-order valence-electron chi connectivity index (χ2n) is 7.84. The van der Waals surface area contributed by atoms with Gasteiger partial charge in [0, 0.05) is 42.2 Å². The Morgan fingerprint density at radius 3 is 2.79 bits per heavy atom. The number of piperidine rings is 1. The molecule has 0 unspecified atom stereocenters. The molecular weight excluding hydrogens is 386 g/mol. The summed E-state index contributed by atoms with van der Waals surface area (Å²) in [4.78, 5) is 2.48. The van der Waals surface area contributed by atoms with Crippen molar-refractivity contribution in [2.45, 2.75) is 31.7 Å². The van der Waals surface area contributed by atoms with Crippen LogP contribution in [0, 0.1) is 0 Å². The molecule has 0 bridgehead atoms. The number of hydrogen-bond donors (Lipinski definition) is 1. The molecule has 0 saturated carbocycles. The lowest BCUT2D eigenvalue weighted by Crippen LogP contribution is -2.34. The molecule has 2 aromatic carbocycles. The second kappa shape index (κ2) is 8.09. The van der Waals surface area contributed by atoms with E-state index in [9.17, 15) is 0 Å². The number of hydrogen-bond acceptors (Lipinski definition) is 4. The van der Waals surface area contributed by atoms with E-state index in [-0.39, 0.29) is 6.79 Å². The third-order valence-corrected chi connectivity index (χ3v) is 6.19. The molecule has 2 aliphatic rings. The Balaban J connectivity index is 1.30. The van der Waals surface area contributed by atoms with E-state index < -0.39 is 0 Å². The molecule has 3 heterocycles. The smallest absolute Gasteiger partial charge is 0.231 e. The summed E-state index contributed by atoms with van der Waals surface area (Å²) in [6.45, 7) is 3.15. The molecule has 5 nitrogen and oxygen atoms in total. The Morgan fingerprint density at radius 1 is 1.10 bits per heavy atom. The molecule has 1 saturated heterocycles. The van der Waals surface area contributed by atoms with Gasteiger partial charge in [0.25, 0.3) is 0 Å². The summed E-state index contributed by atoms with van der Waals surface area (Å²) in [6, 6.07) is 14.5. The Bertz CT molecular complexity index is 989. The van der Waals surface area contributed by atoms with Crippen LogP contribution in [0.25, 0.3) is 0 Å². The van der Waals surface area contributed by atoms with Gasteiger partial charge >= 0.3 is 0 Å². The zero-order chi connectivity index (χ0) is 19.6. The first-order valence-electron chi connectivity index (χ1n) is 10.1. The van der Waals surface area contributed by atoms with Gasteiger partial charge in [0.15, 0.2) is 11.5 Å². The first kappa shape index (κ1) is 18.5. The van der Waals surface area contributed by atoms with Crippen molar-refractivity contribution in [1.29, 1.82) is 0 Å². The van der Waals surface area contributed by atoms with Gasteiger partial charge in [-0.2, -0.15) is 5.10 Å². The number of H-pyrrole nitrogens is 1. The van der Waals surface area contributed by atoms with Crippen molar-refractivity contribution in [3.8, 4) is 11.5 Å². The van der Waals surface area contributed by atoms with Crippen molar-refractivity contribution in [3.05, 3.63) is 76.1 Å². The first-order chi connectivity index (χ1) is 14.3. The minimum Gasteiger partial charge on any atom is -0.454 e. The Morgan fingerprint density at radius 2 is 1.93 bits per heavy atom. The third-order valence-electron chi connectivity index (χ3n) is 5.84. The normalized spacial score (nSPS) is 18.9. The number of halogens is 1. The van der Waals surface area contributed by atoms with E-state index in [1.165, 1.54) is 23.2 Å². The highest BCUT2D eigenvalue weighted by molar-refractivity contribution is 6.31. The number of nitrogens with zero attached hydrogens (tertiary/aromatic N) is 2. The number of aromatic nitrogens is 2. The number of ether oxygens (including phenoxy) is 2. The molecule has 0 spiro atoms. The summed E-state index contributed by atoms with van der Waals surface area (Å²) in [5, 5.41) is 8.39. The quantitative estimate of drug-likeness (QED) is 0.659. The Kier molecular flexibility index (Phi) is 5.17. The molecule has 6 heteroatoms. The number of benzene rings is 2. The molecule has 1 atom stereocenters. The van der Waals surface area contributed by atoms with E-state index in [1.807, 2.05) is 18.3 Å². The minimum absolute atomic E-state index is 0.269. The molecule has 150 valence electrons. The van der Waals surface area contributed by atoms with Gasteiger partial charge in [-0.1, -0.05) is 41.9 Å². The standard InChI is InChI=1S/C23H24ClN3O2/c24-20-11-22-21(28-15-29-22)10-19(20)14-27-8-4-7-17(13-27)23-18(12-25-26-23)9-16-5-2-1-3-6-16/h1-3,5-6,10-12,17H,4,7-9,13-15H2,(H,25,26)/t17-/m0/s1. The highest BCUT2D eigenvalue weighted by atomic mass is 35.5. The maximum Gasteiger partial charge on any atom is 0.231 e. The number of fused-ring (bicyclic) bond motifs is 1. The predicted octanol–water partition coefficient (Wildman–Crippen LogP) is 4.76. The molecule has 1 N–H and O–H groups in total. The van der Waals surface area contributed by atoms with Crippen LogP contribution >= 0.6 is 11.6 Å². The predicted molar refractivity (Wildman–Crippen MR) is 113 cm³/mol. The summed E-state index contributed by atoms with van der Waals surface area (Å²) in [7, 11) is 0. The second-order valence-corrected chi connectivity index (χ2v) is 8.25. The van der Waals surface area contributed by atoms with Gasteiger partial charge < -0.3 is 9.47 Å². The number of aromatic amines is 1. The van der Waals surface area contributed by atoms with Gasteiger partial charge in [-0.05, 0) is 42.1 Å². The molecule has 29 heavy (non-hydrogen) atoms. The SMILES string of the molecule is Clc1cc2c(cc1CN1CCC[C@H](c3[nH]ncc3Cc3ccccc3)C1)OCO2. The van der Waals surface area contributed by atoms with E-state index in [0.717, 1.165) is 54.6 Å². The fraction of sp³-hybridized carbons (Fsp3) is 0.348. The molecule has 1 aromatic heterocycles. The van der Waals surface area contributed by atoms with Crippen molar-refractivity contribution in [2.24, 2.45) is 0 Å². The fourth-order valence-corrected chi connectivity index (χ4v) is 4.60. The lowest BCUT2D eigenvalue weighted by molar-refractivity contribution is 0.173. The fourth-order valence-electron chi connectivity index (χ4n) is 4.39. The Hall–Kier alpha value is -2.50. The van der Waals surface area contributed by atoms with Crippen molar-refractivity contribution >= 4 is 11.6 Å². The summed E-state index contributed by atoms with van der Waals surface area (Å²) in [5.41, 5.74) is 4.97. The van der Waals surface area contributed by atoms with E-state index in [2.05, 4.69) is 45.4 Å². The van der Waals surface area contributed by atoms with Crippen LogP contribution in [0.1, 0.15) is 41.1 Å². The molecule has 3 aromatic rings. The van der Waals surface area contributed by atoms with Crippen LogP contribution in [0.3, 0.4) is 0 Å². The summed E-state index contributed by atoms with van der Waals surface area (Å²) >= 11 is 6.50. The monoisotopic (exact) mass is 409 g/mol. The lowest BCUT2D eigenvalue weighted by atomic mass is 9.90. The van der Waals surface area contributed by atoms with Crippen molar-refractivity contribution < 1.29 is 9.47 Å². The van der Waals surface area contributed by atoms with Gasteiger partial charge in [-0.3, -0.25) is 10.00 Å². The van der Waals surface area contributed by atoms with Gasteiger partial charge in [0.05, 0.1) is 6.20 Å². The van der Waals surface area contributed by atoms with Crippen LogP contribution in [-0.4, -0.2) is 35.0 Å². The topological polar surface area (TPSA) is 50.4 Å². The number of rotatable bonds is 5. The summed E-state index contributed by atoms with van der Waals surface area (Å²) in [5.74, 6) is 1.98. The maximum absolute atomic E-state index is 6.50. The van der Waals surface area contributed by atoms with Crippen molar-refractivity contribution in [1.82, 2.24) is 15.1 Å². The van der Waals surface area contributed by atoms with Gasteiger partial charge in [-0.15, -0.1) is 0 Å². The van der Waals surface area contributed by atoms with Gasteiger partial charge in [-0.25, -0.2) is 0 Å². The average molecular weight is 410 g/mol. The molecular formula is C23H24ClN3O2. The van der Waals surface area contributed by atoms with E-state index >= 15 is 0 Å². The van der Waals surface area contributed by atoms with E-state index in [4.69, 9.17) is 21.1 Å². The van der Waals surface area contributed by atoms with Crippen LogP contribution in [-0.2, 0) is 13.0 Å². The van der Waals surface area contributed by atoms with Crippen LogP contribution in [0.5, 0.6) is 11.5 Å². The zero-order valence-electron chi connectivity index (χ0n) is 16.2. The van der Waals surface area contributed by atoms with Crippen LogP contribution < -0.4 is 9.47 Å². The largest absolute Gasteiger partial charge is 0.454 e. The summed E-state index contributed by atoms with van der Waals surface area (Å²) in [6.07, 6.45) is 5.24. The van der Waals surface area contributed by atoms with Gasteiger partial charge in [0.1, 0.15) is 0 Å². The maximum atomic E-state index is 6.50. The van der Waals surface area contributed by atoms with E-state index in [1.54, 1.807) is 0 Å². The highest BCUT2D eigenvalue weighted by Crippen LogP contribution is 2.38. The zero-order valence-corrected chi connectivity index (χ0v) is 17.0. The minimum atomic E-state index is 0.269. The molecule has 0 radical (unpaired) electrons. The Labute approximate surface area is 175 Å². The lowest BCUT2D eigenvalue weighted by Gasteiger charge is -2.33. The third kappa shape index (κ3) is 3.98. The average Bonchev–Trinajstić information content (AvgIpc) is 3.38. The van der Waals surface area contributed by atoms with Crippen molar-refractivity contribution in [3.63, 3.8) is 0 Å². The van der Waals surface area contributed by atoms with Gasteiger partial charge in [0.2, 0.25) is 6.79 Å². The molecule has 0 amide bonds. The molecule has 2 aliphatic heterocycles. The van der Waals surface area contributed by atoms with Crippen molar-refractivity contribution in [2.75, 3.05) is 19.9 Å². The first-order valence-corrected chi connectivity index (χ1v) is 10.5.